The Morgan fingerprint density at radius 3 is 2.77 bits per heavy atom. The fourth-order valence-corrected chi connectivity index (χ4v) is 3.98. The van der Waals surface area contributed by atoms with Crippen molar-refractivity contribution in [3.05, 3.63) is 23.8 Å². The quantitative estimate of drug-likeness (QED) is 0.848. The average molecular weight is 302 g/mol. The molecule has 0 aromatic heterocycles. The fraction of sp³-hybridized carbons (Fsp3) is 0.611. The number of ether oxygens (including phenoxy) is 1. The Morgan fingerprint density at radius 2 is 2.05 bits per heavy atom. The van der Waals surface area contributed by atoms with E-state index in [1.165, 1.54) is 44.3 Å². The molecular weight excluding hydrogens is 276 g/mol. The van der Waals surface area contributed by atoms with Gasteiger partial charge < -0.3 is 10.1 Å². The van der Waals surface area contributed by atoms with Gasteiger partial charge in [0.2, 0.25) is 6.41 Å². The number of amides is 1. The van der Waals surface area contributed by atoms with E-state index >= 15 is 0 Å². The highest BCUT2D eigenvalue weighted by Crippen LogP contribution is 2.40. The number of carbonyl (C=O) groups excluding carboxylic acids is 1. The molecule has 0 radical (unpaired) electrons. The maximum Gasteiger partial charge on any atom is 0.211 e. The van der Waals surface area contributed by atoms with E-state index in [-0.39, 0.29) is 6.10 Å². The van der Waals surface area contributed by atoms with Crippen LogP contribution in [0.2, 0.25) is 0 Å². The number of hydrogen-bond acceptors (Lipinski definition) is 3. The van der Waals surface area contributed by atoms with Crippen LogP contribution in [0, 0.1) is 0 Å². The van der Waals surface area contributed by atoms with Gasteiger partial charge >= 0.3 is 0 Å². The zero-order valence-electron chi connectivity index (χ0n) is 13.5. The summed E-state index contributed by atoms with van der Waals surface area (Å²) in [5, 5.41) is 2.74. The number of fused-ring (bicyclic) bond motifs is 1. The van der Waals surface area contributed by atoms with Crippen LogP contribution in [0.4, 0.5) is 5.69 Å². The first-order valence-corrected chi connectivity index (χ1v) is 8.44. The minimum Gasteiger partial charge on any atom is -0.489 e. The maximum atomic E-state index is 10.8. The van der Waals surface area contributed by atoms with E-state index in [1.54, 1.807) is 0 Å². The Labute approximate surface area is 132 Å². The van der Waals surface area contributed by atoms with Crippen LogP contribution in [0.3, 0.4) is 0 Å². The normalized spacial score (nSPS) is 25.0. The fourth-order valence-electron chi connectivity index (χ4n) is 3.98. The van der Waals surface area contributed by atoms with Gasteiger partial charge in [-0.3, -0.25) is 9.69 Å². The molecule has 22 heavy (non-hydrogen) atoms. The molecule has 0 saturated carbocycles. The van der Waals surface area contributed by atoms with Crippen molar-refractivity contribution in [1.82, 2.24) is 4.90 Å². The third kappa shape index (κ3) is 3.12. The molecule has 0 aliphatic carbocycles. The van der Waals surface area contributed by atoms with Crippen LogP contribution < -0.4 is 10.1 Å². The number of anilines is 1. The molecule has 2 fully saturated rings. The Morgan fingerprint density at radius 1 is 1.27 bits per heavy atom. The Bertz CT molecular complexity index is 530. The van der Waals surface area contributed by atoms with E-state index in [0.717, 1.165) is 11.4 Å². The lowest BCUT2D eigenvalue weighted by molar-refractivity contribution is -0.105. The number of nitrogens with zero attached hydrogens (tertiary/aromatic N) is 1. The lowest BCUT2D eigenvalue weighted by Gasteiger charge is -2.37. The second-order valence-corrected chi connectivity index (χ2v) is 6.68. The minimum atomic E-state index is 0.0942. The van der Waals surface area contributed by atoms with E-state index in [4.69, 9.17) is 4.74 Å². The SMILES string of the molecule is CC(C)Oc1cc(C2CCCN3CCCC23)ccc1NC=O. The summed E-state index contributed by atoms with van der Waals surface area (Å²) in [5.41, 5.74) is 2.11. The van der Waals surface area contributed by atoms with E-state index in [2.05, 4.69) is 22.3 Å². The second-order valence-electron chi connectivity index (χ2n) is 6.68. The van der Waals surface area contributed by atoms with Gasteiger partial charge in [0.15, 0.2) is 0 Å². The van der Waals surface area contributed by atoms with E-state index in [1.807, 2.05) is 19.9 Å². The zero-order valence-corrected chi connectivity index (χ0v) is 13.5. The van der Waals surface area contributed by atoms with Gasteiger partial charge in [-0.25, -0.2) is 0 Å². The second kappa shape index (κ2) is 6.69. The van der Waals surface area contributed by atoms with Crippen molar-refractivity contribution in [3.8, 4) is 5.75 Å². The van der Waals surface area contributed by atoms with Crippen molar-refractivity contribution < 1.29 is 9.53 Å². The standard InChI is InChI=1S/C18H26N2O2/c1-13(2)22-18-11-14(7-8-16(18)19-12-21)15-5-3-9-20-10-4-6-17(15)20/h7-8,11-13,15,17H,3-6,9-10H2,1-2H3,(H,19,21). The molecular formula is C18H26N2O2. The van der Waals surface area contributed by atoms with Crippen molar-refractivity contribution in [1.29, 1.82) is 0 Å². The monoisotopic (exact) mass is 302 g/mol. The molecule has 120 valence electrons. The largest absolute Gasteiger partial charge is 0.489 e. The van der Waals surface area contributed by atoms with Gasteiger partial charge in [0.25, 0.3) is 0 Å². The van der Waals surface area contributed by atoms with Gasteiger partial charge in [-0.2, -0.15) is 0 Å². The van der Waals surface area contributed by atoms with Crippen LogP contribution in [0.15, 0.2) is 18.2 Å². The van der Waals surface area contributed by atoms with Gasteiger partial charge in [-0.15, -0.1) is 0 Å². The molecule has 0 spiro atoms. The summed E-state index contributed by atoms with van der Waals surface area (Å²) in [6, 6.07) is 6.96. The molecule has 2 heterocycles. The molecule has 2 unspecified atom stereocenters. The Kier molecular flexibility index (Phi) is 4.67. The highest BCUT2D eigenvalue weighted by molar-refractivity contribution is 5.75. The number of rotatable bonds is 5. The van der Waals surface area contributed by atoms with Gasteiger partial charge in [-0.05, 0) is 76.2 Å². The van der Waals surface area contributed by atoms with E-state index in [9.17, 15) is 4.79 Å². The topological polar surface area (TPSA) is 41.6 Å². The third-order valence-corrected chi connectivity index (χ3v) is 4.85. The molecule has 4 heteroatoms. The van der Waals surface area contributed by atoms with Crippen LogP contribution in [0.1, 0.15) is 51.0 Å². The molecule has 2 saturated heterocycles. The lowest BCUT2D eigenvalue weighted by Crippen LogP contribution is -2.39. The highest BCUT2D eigenvalue weighted by Gasteiger charge is 2.35. The molecule has 4 nitrogen and oxygen atoms in total. The third-order valence-electron chi connectivity index (χ3n) is 4.85. The van der Waals surface area contributed by atoms with E-state index in [0.29, 0.717) is 18.4 Å². The number of hydrogen-bond donors (Lipinski definition) is 1. The minimum absolute atomic E-state index is 0.0942. The molecule has 1 N–H and O–H groups in total. The van der Waals surface area contributed by atoms with Gasteiger partial charge in [0.1, 0.15) is 5.75 Å². The maximum absolute atomic E-state index is 10.8. The molecule has 2 aliphatic heterocycles. The van der Waals surface area contributed by atoms with Crippen LogP contribution in [-0.2, 0) is 4.79 Å². The summed E-state index contributed by atoms with van der Waals surface area (Å²) >= 11 is 0. The molecule has 3 rings (SSSR count). The smallest absolute Gasteiger partial charge is 0.211 e. The first kappa shape index (κ1) is 15.3. The van der Waals surface area contributed by atoms with Crippen LogP contribution in [-0.4, -0.2) is 36.5 Å². The van der Waals surface area contributed by atoms with Crippen LogP contribution in [0.25, 0.3) is 0 Å². The average Bonchev–Trinajstić information content (AvgIpc) is 2.97. The number of benzene rings is 1. The number of piperidine rings is 1. The van der Waals surface area contributed by atoms with Crippen molar-refractivity contribution in [2.75, 3.05) is 18.4 Å². The van der Waals surface area contributed by atoms with Crippen molar-refractivity contribution in [3.63, 3.8) is 0 Å². The first-order chi connectivity index (χ1) is 10.7. The van der Waals surface area contributed by atoms with E-state index < -0.39 is 0 Å². The molecule has 1 aromatic rings. The Balaban J connectivity index is 1.88. The zero-order chi connectivity index (χ0) is 15.5. The predicted octanol–water partition coefficient (Wildman–Crippen LogP) is 3.38. The van der Waals surface area contributed by atoms with Crippen LogP contribution in [0.5, 0.6) is 5.75 Å². The highest BCUT2D eigenvalue weighted by atomic mass is 16.5. The number of carbonyl (C=O) groups is 1. The van der Waals surface area contributed by atoms with Gasteiger partial charge in [0, 0.05) is 6.04 Å². The van der Waals surface area contributed by atoms with Gasteiger partial charge in [0.05, 0.1) is 11.8 Å². The molecule has 0 bridgehead atoms. The summed E-state index contributed by atoms with van der Waals surface area (Å²) in [5.74, 6) is 1.38. The Hall–Kier alpha value is -1.55. The summed E-state index contributed by atoms with van der Waals surface area (Å²) in [6.45, 7) is 6.52. The predicted molar refractivity (Wildman–Crippen MR) is 88.5 cm³/mol. The summed E-state index contributed by atoms with van der Waals surface area (Å²) in [4.78, 5) is 13.4. The van der Waals surface area contributed by atoms with Crippen LogP contribution >= 0.6 is 0 Å². The number of nitrogens with one attached hydrogen (secondary N) is 1. The lowest BCUT2D eigenvalue weighted by atomic mass is 9.83. The molecule has 1 aromatic carbocycles. The van der Waals surface area contributed by atoms with Crippen molar-refractivity contribution >= 4 is 12.1 Å². The first-order valence-electron chi connectivity index (χ1n) is 8.44. The summed E-state index contributed by atoms with van der Waals surface area (Å²) in [6.07, 6.45) is 5.96. The van der Waals surface area contributed by atoms with Crippen molar-refractivity contribution in [2.45, 2.75) is 57.6 Å². The molecule has 2 aliphatic rings. The summed E-state index contributed by atoms with van der Waals surface area (Å²) in [7, 11) is 0. The molecule has 2 atom stereocenters. The van der Waals surface area contributed by atoms with Crippen molar-refractivity contribution in [2.24, 2.45) is 0 Å². The summed E-state index contributed by atoms with van der Waals surface area (Å²) < 4.78 is 5.91. The van der Waals surface area contributed by atoms with Gasteiger partial charge in [-0.1, -0.05) is 6.07 Å². The molecule has 1 amide bonds.